The molecule has 4 aliphatic heterocycles. The molecule has 4 rings (SSSR count). The molecule has 0 aromatic rings. The van der Waals surface area contributed by atoms with Crippen LogP contribution in [0.15, 0.2) is 0 Å². The lowest BCUT2D eigenvalue weighted by molar-refractivity contribution is -0.0873. The molecule has 0 amide bonds. The lowest BCUT2D eigenvalue weighted by Gasteiger charge is -2.46. The van der Waals surface area contributed by atoms with Crippen LogP contribution in [-0.4, -0.2) is 100 Å². The van der Waals surface area contributed by atoms with E-state index >= 15 is 0 Å². The average Bonchev–Trinajstić information content (AvgIpc) is 2.85. The van der Waals surface area contributed by atoms with Gasteiger partial charge in [0.1, 0.15) is 0 Å². The van der Waals surface area contributed by atoms with Crippen LogP contribution in [0.3, 0.4) is 0 Å². The third-order valence-corrected chi connectivity index (χ3v) is 16.1. The summed E-state index contributed by atoms with van der Waals surface area (Å²) in [6.45, 7) is 10.7. The van der Waals surface area contributed by atoms with Crippen LogP contribution in [0.2, 0.25) is 0 Å². The van der Waals surface area contributed by atoms with Gasteiger partial charge in [-0.1, -0.05) is 0 Å². The van der Waals surface area contributed by atoms with Crippen LogP contribution in [0, 0.1) is 10.8 Å². The molecular formula is C22H46O17P4. The van der Waals surface area contributed by atoms with E-state index in [-0.39, 0.29) is 58.3 Å². The zero-order valence-corrected chi connectivity index (χ0v) is 29.2. The van der Waals surface area contributed by atoms with Crippen molar-refractivity contribution in [2.24, 2.45) is 10.8 Å². The number of hydrogen-bond acceptors (Lipinski definition) is 16. The molecule has 0 aromatic heterocycles. The first kappa shape index (κ1) is 39.6. The summed E-state index contributed by atoms with van der Waals surface area (Å²) < 4.78 is 91.2. The Kier molecular flexibility index (Phi) is 11.5. The lowest BCUT2D eigenvalue weighted by atomic mass is 9.93. The second-order valence-electron chi connectivity index (χ2n) is 13.2. The average molecular weight is 706 g/mol. The van der Waals surface area contributed by atoms with Gasteiger partial charge in [0.05, 0.1) is 63.7 Å². The highest BCUT2D eigenvalue weighted by molar-refractivity contribution is 7.56. The van der Waals surface area contributed by atoms with E-state index in [1.54, 1.807) is 0 Å². The minimum absolute atomic E-state index is 0. The van der Waals surface area contributed by atoms with Gasteiger partial charge >= 0.3 is 30.4 Å². The van der Waals surface area contributed by atoms with Crippen LogP contribution in [0.25, 0.3) is 0 Å². The van der Waals surface area contributed by atoms with Crippen molar-refractivity contribution in [2.75, 3.05) is 52.9 Å². The molecule has 0 atom stereocenters. The van der Waals surface area contributed by atoms with Gasteiger partial charge in [0, 0.05) is 0 Å². The van der Waals surface area contributed by atoms with Gasteiger partial charge < -0.3 is 62.1 Å². The molecule has 256 valence electrons. The van der Waals surface area contributed by atoms with E-state index in [0.717, 1.165) is 0 Å². The number of rotatable bonds is 4. The van der Waals surface area contributed by atoms with Crippen LogP contribution in [0.1, 0.15) is 55.4 Å². The van der Waals surface area contributed by atoms with Crippen molar-refractivity contribution in [1.29, 1.82) is 0 Å². The summed E-state index contributed by atoms with van der Waals surface area (Å²) in [6, 6.07) is 0. The van der Waals surface area contributed by atoms with Crippen molar-refractivity contribution in [1.82, 2.24) is 0 Å². The van der Waals surface area contributed by atoms with Gasteiger partial charge in [-0.15, -0.1) is 0 Å². The summed E-state index contributed by atoms with van der Waals surface area (Å²) in [4.78, 5) is 0. The third-order valence-electron chi connectivity index (χ3n) is 7.01. The molecule has 0 aromatic carbocycles. The Hall–Kier alpha value is 0.400. The van der Waals surface area contributed by atoms with E-state index < -0.39 is 62.6 Å². The first-order valence-electron chi connectivity index (χ1n) is 13.1. The van der Waals surface area contributed by atoms with Gasteiger partial charge in [-0.2, -0.15) is 0 Å². The Morgan fingerprint density at radius 3 is 0.605 bits per heavy atom. The normalized spacial score (nSPS) is 41.2. The Labute approximate surface area is 251 Å². The first-order valence-corrected chi connectivity index (χ1v) is 19.3. The quantitative estimate of drug-likeness (QED) is 0.306. The summed E-state index contributed by atoms with van der Waals surface area (Å²) in [6.07, 6.45) is 0. The molecule has 21 heteroatoms. The van der Waals surface area contributed by atoms with Crippen LogP contribution in [0.4, 0.5) is 0 Å². The molecule has 0 bridgehead atoms. The Morgan fingerprint density at radius 2 is 0.512 bits per heavy atom. The van der Waals surface area contributed by atoms with Gasteiger partial charge in [-0.25, -0.2) is 0 Å². The predicted molar refractivity (Wildman–Crippen MR) is 152 cm³/mol. The maximum Gasteiger partial charge on any atom is 0.361 e. The van der Waals surface area contributed by atoms with E-state index in [4.69, 9.17) is 36.2 Å². The van der Waals surface area contributed by atoms with Gasteiger partial charge in [0.15, 0.2) is 21.4 Å². The van der Waals surface area contributed by atoms with Crippen LogP contribution in [-0.2, 0) is 54.5 Å². The second-order valence-corrected chi connectivity index (χ2v) is 23.6. The highest BCUT2D eigenvalue weighted by Crippen LogP contribution is 2.67. The molecule has 4 aliphatic rings. The Morgan fingerprint density at radius 1 is 0.395 bits per heavy atom. The Balaban J connectivity index is 0.000000293. The number of hydrogen-bond donors (Lipinski definition) is 4. The van der Waals surface area contributed by atoms with E-state index in [9.17, 15) is 38.7 Å². The summed E-state index contributed by atoms with van der Waals surface area (Å²) in [5, 5.41) is 32.9. The topological polar surface area (TPSA) is 255 Å². The fraction of sp³-hybridized carbons (Fsp3) is 1.00. The SMILES string of the molecule is CC(C)(O)P1(=O)OCC2(CO1)COP(=O)(C(C)(C)O)OC2.CC(C)(O)P1(=O)OCC2(CO1)COP(=O)(C(C)(C)O)OC2.O. The maximum absolute atomic E-state index is 12.3. The minimum Gasteiger partial charge on any atom is -0.412 e. The van der Waals surface area contributed by atoms with Crippen molar-refractivity contribution in [3.05, 3.63) is 0 Å². The van der Waals surface area contributed by atoms with Gasteiger partial charge in [-0.3, -0.25) is 18.3 Å². The molecule has 17 nitrogen and oxygen atoms in total. The molecule has 0 radical (unpaired) electrons. The van der Waals surface area contributed by atoms with Gasteiger partial charge in [-0.05, 0) is 55.4 Å². The number of aliphatic hydroxyl groups is 4. The molecule has 6 N–H and O–H groups in total. The van der Waals surface area contributed by atoms with Crippen molar-refractivity contribution in [3.8, 4) is 0 Å². The molecule has 2 spiro atoms. The van der Waals surface area contributed by atoms with E-state index in [0.29, 0.717) is 0 Å². The summed E-state index contributed by atoms with van der Waals surface area (Å²) in [5.74, 6) is 0. The van der Waals surface area contributed by atoms with Crippen LogP contribution < -0.4 is 0 Å². The van der Waals surface area contributed by atoms with Crippen molar-refractivity contribution >= 4 is 30.4 Å². The zero-order chi connectivity index (χ0) is 32.3. The van der Waals surface area contributed by atoms with Crippen molar-refractivity contribution in [3.63, 3.8) is 0 Å². The van der Waals surface area contributed by atoms with Crippen LogP contribution in [0.5, 0.6) is 0 Å². The second kappa shape index (κ2) is 12.5. The molecule has 4 heterocycles. The molecule has 0 saturated carbocycles. The van der Waals surface area contributed by atoms with Crippen LogP contribution >= 0.6 is 30.4 Å². The van der Waals surface area contributed by atoms with E-state index in [1.165, 1.54) is 55.4 Å². The maximum atomic E-state index is 12.3. The van der Waals surface area contributed by atoms with E-state index in [1.807, 2.05) is 0 Å². The summed E-state index contributed by atoms with van der Waals surface area (Å²) in [5.41, 5.74) is -1.50. The minimum atomic E-state index is -3.63. The predicted octanol–water partition coefficient (Wildman–Crippen LogP) is 2.99. The summed E-state index contributed by atoms with van der Waals surface area (Å²) in [7, 11) is -14.5. The van der Waals surface area contributed by atoms with E-state index in [2.05, 4.69) is 0 Å². The smallest absolute Gasteiger partial charge is 0.361 e. The first-order chi connectivity index (χ1) is 18.7. The van der Waals surface area contributed by atoms with Crippen molar-refractivity contribution in [2.45, 2.75) is 76.8 Å². The largest absolute Gasteiger partial charge is 0.412 e. The molecule has 43 heavy (non-hydrogen) atoms. The fourth-order valence-electron chi connectivity index (χ4n) is 3.69. The molecular weight excluding hydrogens is 660 g/mol. The van der Waals surface area contributed by atoms with Gasteiger partial charge in [0.25, 0.3) is 0 Å². The monoisotopic (exact) mass is 706 g/mol. The highest BCUT2D eigenvalue weighted by atomic mass is 31.2. The van der Waals surface area contributed by atoms with Crippen molar-refractivity contribution < 1.29 is 80.4 Å². The molecule has 4 fully saturated rings. The molecule has 4 saturated heterocycles. The lowest BCUT2D eigenvalue weighted by Crippen LogP contribution is -2.48. The highest BCUT2D eigenvalue weighted by Gasteiger charge is 2.57. The fourth-order valence-corrected chi connectivity index (χ4v) is 10.1. The third kappa shape index (κ3) is 8.11. The Bertz CT molecular complexity index is 953. The molecule has 0 aliphatic carbocycles. The zero-order valence-electron chi connectivity index (χ0n) is 25.6. The summed E-state index contributed by atoms with van der Waals surface area (Å²) >= 11 is 0. The molecule has 0 unspecified atom stereocenters. The standard InChI is InChI=1S/2C11H22O8P2.H2O/c2*1-9(2,12)20(14)16-5-11(6-17-20)7-18-21(15,19-8-11)10(3,4)13;/h2*12-13H,5-8H2,1-4H3;1H2. The van der Waals surface area contributed by atoms with Gasteiger partial charge in [0.2, 0.25) is 0 Å².